The number of piperidine rings is 1. The Kier molecular flexibility index (Phi) is 4.09. The van der Waals surface area contributed by atoms with Gasteiger partial charge in [-0.05, 0) is 39.5 Å². The van der Waals surface area contributed by atoms with Crippen molar-refractivity contribution in [1.29, 1.82) is 0 Å². The van der Waals surface area contributed by atoms with Crippen LogP contribution in [0.4, 0.5) is 0 Å². The highest BCUT2D eigenvalue weighted by molar-refractivity contribution is 5.86. The van der Waals surface area contributed by atoms with Gasteiger partial charge < -0.3 is 9.84 Å². The summed E-state index contributed by atoms with van der Waals surface area (Å²) in [7, 11) is 1.58. The van der Waals surface area contributed by atoms with Gasteiger partial charge in [-0.25, -0.2) is 0 Å². The van der Waals surface area contributed by atoms with Gasteiger partial charge in [-0.3, -0.25) is 9.69 Å². The number of hydrogen-bond donors (Lipinski definition) is 1. The molecule has 0 aromatic heterocycles. The monoisotopic (exact) mass is 255 g/mol. The summed E-state index contributed by atoms with van der Waals surface area (Å²) in [5.74, 6) is 0.163. The molecule has 2 saturated heterocycles. The van der Waals surface area contributed by atoms with Gasteiger partial charge in [-0.2, -0.15) is 0 Å². The Hall–Kier alpha value is -0.450. The molecule has 0 amide bonds. The molecule has 2 fully saturated rings. The molecule has 1 N–H and O–H groups in total. The molecular formula is C14H25NO3. The molecular weight excluding hydrogens is 230 g/mol. The number of methoxy groups -OCH3 is 1. The molecule has 2 rings (SSSR count). The third-order valence-corrected chi connectivity index (χ3v) is 4.64. The van der Waals surface area contributed by atoms with Crippen LogP contribution in [0, 0.1) is 0 Å². The number of Topliss-reactive ketones (excluding diaryl/α,β-unsaturated/α-hetero) is 1. The zero-order valence-electron chi connectivity index (χ0n) is 11.7. The molecule has 104 valence electrons. The second-order valence-electron chi connectivity index (χ2n) is 6.14. The van der Waals surface area contributed by atoms with Crippen molar-refractivity contribution in [3.8, 4) is 0 Å². The summed E-state index contributed by atoms with van der Waals surface area (Å²) in [5, 5.41) is 9.74. The van der Waals surface area contributed by atoms with Crippen molar-refractivity contribution in [2.75, 3.05) is 13.7 Å². The van der Waals surface area contributed by atoms with Gasteiger partial charge in [0, 0.05) is 32.2 Å². The Morgan fingerprint density at radius 3 is 2.39 bits per heavy atom. The van der Waals surface area contributed by atoms with E-state index in [1.165, 1.54) is 12.8 Å². The minimum atomic E-state index is -0.672. The smallest absolute Gasteiger partial charge is 0.165 e. The third-order valence-electron chi connectivity index (χ3n) is 4.64. The molecule has 4 heteroatoms. The van der Waals surface area contributed by atoms with Gasteiger partial charge >= 0.3 is 0 Å². The van der Waals surface area contributed by atoms with Crippen molar-refractivity contribution in [2.45, 2.75) is 69.7 Å². The van der Waals surface area contributed by atoms with E-state index in [1.807, 2.05) is 13.8 Å². The van der Waals surface area contributed by atoms with E-state index in [0.717, 1.165) is 19.4 Å². The van der Waals surface area contributed by atoms with Crippen LogP contribution in [0.3, 0.4) is 0 Å². The zero-order chi connectivity index (χ0) is 13.3. The maximum atomic E-state index is 12.0. The van der Waals surface area contributed by atoms with Crippen LogP contribution in [-0.4, -0.2) is 53.2 Å². The Morgan fingerprint density at radius 2 is 1.89 bits per heavy atom. The summed E-state index contributed by atoms with van der Waals surface area (Å²) in [6, 6.07) is 0.967. The number of ether oxygens (including phenoxy) is 1. The van der Waals surface area contributed by atoms with Gasteiger partial charge in [0.05, 0.1) is 6.10 Å². The summed E-state index contributed by atoms with van der Waals surface area (Å²) in [6.45, 7) is 4.46. The number of nitrogens with zero attached hydrogens (tertiary/aromatic N) is 1. The van der Waals surface area contributed by atoms with Gasteiger partial charge in [0.25, 0.3) is 0 Å². The molecule has 2 aliphatic heterocycles. The summed E-state index contributed by atoms with van der Waals surface area (Å²) in [5.41, 5.74) is -0.672. The molecule has 0 aromatic carbocycles. The maximum absolute atomic E-state index is 12.0. The Bertz CT molecular complexity index is 302. The van der Waals surface area contributed by atoms with Crippen molar-refractivity contribution in [1.82, 2.24) is 4.90 Å². The number of fused-ring (bicyclic) bond motifs is 2. The molecule has 0 saturated carbocycles. The number of carbonyl (C=O) groups excluding carboxylic acids is 1. The summed E-state index contributed by atoms with van der Waals surface area (Å²) in [6.07, 6.45) is 4.50. The first-order chi connectivity index (χ1) is 8.44. The number of rotatable bonds is 5. The molecule has 2 aliphatic rings. The highest BCUT2D eigenvalue weighted by atomic mass is 16.5. The van der Waals surface area contributed by atoms with Crippen LogP contribution in [0.5, 0.6) is 0 Å². The van der Waals surface area contributed by atoms with Crippen molar-refractivity contribution in [3.05, 3.63) is 0 Å². The first-order valence-corrected chi connectivity index (χ1v) is 6.96. The number of aliphatic hydroxyl groups excluding tert-OH is 1. The van der Waals surface area contributed by atoms with Crippen LogP contribution in [-0.2, 0) is 9.53 Å². The number of ketones is 1. The van der Waals surface area contributed by atoms with Crippen LogP contribution in [0.15, 0.2) is 0 Å². The Morgan fingerprint density at radius 1 is 1.33 bits per heavy atom. The minimum Gasteiger partial charge on any atom is -0.393 e. The Labute approximate surface area is 109 Å². The van der Waals surface area contributed by atoms with E-state index >= 15 is 0 Å². The van der Waals surface area contributed by atoms with Crippen LogP contribution in [0.2, 0.25) is 0 Å². The van der Waals surface area contributed by atoms with Crippen molar-refractivity contribution >= 4 is 5.78 Å². The lowest BCUT2D eigenvalue weighted by Crippen LogP contribution is -2.46. The number of aliphatic hydroxyl groups is 1. The van der Waals surface area contributed by atoms with Gasteiger partial charge in [-0.15, -0.1) is 0 Å². The van der Waals surface area contributed by atoms with Gasteiger partial charge in [0.2, 0.25) is 0 Å². The molecule has 2 bridgehead atoms. The lowest BCUT2D eigenvalue weighted by Gasteiger charge is -2.37. The van der Waals surface area contributed by atoms with Crippen molar-refractivity contribution < 1.29 is 14.6 Å². The lowest BCUT2D eigenvalue weighted by atomic mass is 9.97. The quantitative estimate of drug-likeness (QED) is 0.806. The first kappa shape index (κ1) is 14.0. The van der Waals surface area contributed by atoms with Crippen molar-refractivity contribution in [3.63, 3.8) is 0 Å². The SMILES string of the molecule is COC(C)(C)C(=O)CCN1C2CCC1CC(O)C2. The van der Waals surface area contributed by atoms with E-state index in [0.29, 0.717) is 18.5 Å². The van der Waals surface area contributed by atoms with Crippen LogP contribution >= 0.6 is 0 Å². The largest absolute Gasteiger partial charge is 0.393 e. The highest BCUT2D eigenvalue weighted by Gasteiger charge is 2.40. The predicted molar refractivity (Wildman–Crippen MR) is 69.5 cm³/mol. The van der Waals surface area contributed by atoms with E-state index in [1.54, 1.807) is 7.11 Å². The van der Waals surface area contributed by atoms with Gasteiger partial charge in [0.1, 0.15) is 5.60 Å². The molecule has 0 spiro atoms. The standard InChI is InChI=1S/C14H25NO3/c1-14(2,18-3)13(17)6-7-15-10-4-5-11(15)9-12(16)8-10/h10-12,16H,4-9H2,1-3H3. The molecule has 2 unspecified atom stereocenters. The number of carbonyl (C=O) groups is 1. The van der Waals surface area contributed by atoms with Crippen LogP contribution in [0.1, 0.15) is 46.0 Å². The predicted octanol–water partition coefficient (Wildman–Crippen LogP) is 1.36. The fraction of sp³-hybridized carbons (Fsp3) is 0.929. The molecule has 0 aromatic rings. The van der Waals surface area contributed by atoms with E-state index in [-0.39, 0.29) is 11.9 Å². The summed E-state index contributed by atoms with van der Waals surface area (Å²) in [4.78, 5) is 14.5. The van der Waals surface area contributed by atoms with Gasteiger partial charge in [0.15, 0.2) is 5.78 Å². The molecule has 0 aliphatic carbocycles. The average molecular weight is 255 g/mol. The van der Waals surface area contributed by atoms with Crippen LogP contribution in [0.25, 0.3) is 0 Å². The first-order valence-electron chi connectivity index (χ1n) is 6.96. The van der Waals surface area contributed by atoms with E-state index in [2.05, 4.69) is 4.90 Å². The van der Waals surface area contributed by atoms with E-state index < -0.39 is 5.60 Å². The molecule has 0 radical (unpaired) electrons. The lowest BCUT2D eigenvalue weighted by molar-refractivity contribution is -0.137. The van der Waals surface area contributed by atoms with Crippen molar-refractivity contribution in [2.24, 2.45) is 0 Å². The van der Waals surface area contributed by atoms with E-state index in [4.69, 9.17) is 4.74 Å². The normalized spacial score (nSPS) is 32.8. The zero-order valence-corrected chi connectivity index (χ0v) is 11.7. The average Bonchev–Trinajstić information content (AvgIpc) is 2.56. The molecule has 2 heterocycles. The summed E-state index contributed by atoms with van der Waals surface area (Å²) >= 11 is 0. The highest BCUT2D eigenvalue weighted by Crippen LogP contribution is 2.35. The van der Waals surface area contributed by atoms with Crippen LogP contribution < -0.4 is 0 Å². The van der Waals surface area contributed by atoms with E-state index in [9.17, 15) is 9.90 Å². The molecule has 4 nitrogen and oxygen atoms in total. The van der Waals surface area contributed by atoms with Gasteiger partial charge in [-0.1, -0.05) is 0 Å². The second-order valence-corrected chi connectivity index (χ2v) is 6.14. The second kappa shape index (κ2) is 5.27. The fourth-order valence-electron chi connectivity index (χ4n) is 3.26. The molecule has 18 heavy (non-hydrogen) atoms. The Balaban J connectivity index is 1.86. The maximum Gasteiger partial charge on any atom is 0.165 e. The minimum absolute atomic E-state index is 0.134. The number of hydrogen-bond acceptors (Lipinski definition) is 4. The summed E-state index contributed by atoms with van der Waals surface area (Å²) < 4.78 is 5.22. The fourth-order valence-corrected chi connectivity index (χ4v) is 3.26. The molecule has 2 atom stereocenters. The third kappa shape index (κ3) is 2.76. The topological polar surface area (TPSA) is 49.8 Å².